The molecule has 1 fully saturated rings. The first kappa shape index (κ1) is 8.65. The molecule has 5 nitrogen and oxygen atoms in total. The summed E-state index contributed by atoms with van der Waals surface area (Å²) in [5, 5.41) is 11.3. The number of hydrogen-bond donors (Lipinski definition) is 1. The number of aryl methyl sites for hydroxylation is 1. The lowest BCUT2D eigenvalue weighted by Gasteiger charge is -2.08. The molecule has 0 aliphatic carbocycles. The second kappa shape index (κ2) is 3.43. The Hall–Kier alpha value is -0.940. The lowest BCUT2D eigenvalue weighted by atomic mass is 10.2. The van der Waals surface area contributed by atoms with Crippen molar-refractivity contribution in [2.45, 2.75) is 18.6 Å². The van der Waals surface area contributed by atoms with Gasteiger partial charge in [0.1, 0.15) is 12.2 Å². The SMILES string of the molecule is CO[C@H]1CN[C@@H](c2nncn2C)C1. The summed E-state index contributed by atoms with van der Waals surface area (Å²) >= 11 is 0. The molecule has 1 aliphatic heterocycles. The molecule has 0 spiro atoms. The number of aromatic nitrogens is 3. The third-order valence-corrected chi connectivity index (χ3v) is 2.48. The van der Waals surface area contributed by atoms with Gasteiger partial charge >= 0.3 is 0 Å². The summed E-state index contributed by atoms with van der Waals surface area (Å²) in [5.41, 5.74) is 0. The highest BCUT2D eigenvalue weighted by atomic mass is 16.5. The molecule has 13 heavy (non-hydrogen) atoms. The van der Waals surface area contributed by atoms with E-state index in [1.807, 2.05) is 11.6 Å². The van der Waals surface area contributed by atoms with E-state index in [2.05, 4.69) is 15.5 Å². The predicted molar refractivity (Wildman–Crippen MR) is 47.2 cm³/mol. The van der Waals surface area contributed by atoms with E-state index in [0.29, 0.717) is 6.10 Å². The summed E-state index contributed by atoms with van der Waals surface area (Å²) in [7, 11) is 3.70. The molecule has 1 aliphatic rings. The average Bonchev–Trinajstić information content (AvgIpc) is 2.71. The van der Waals surface area contributed by atoms with Gasteiger partial charge in [0.25, 0.3) is 0 Å². The largest absolute Gasteiger partial charge is 0.380 e. The van der Waals surface area contributed by atoms with Gasteiger partial charge in [-0.25, -0.2) is 0 Å². The maximum absolute atomic E-state index is 5.26. The fourth-order valence-electron chi connectivity index (χ4n) is 1.69. The van der Waals surface area contributed by atoms with Gasteiger partial charge in [0.15, 0.2) is 0 Å². The summed E-state index contributed by atoms with van der Waals surface area (Å²) in [6, 6.07) is 0.289. The Kier molecular flexibility index (Phi) is 2.28. The van der Waals surface area contributed by atoms with Crippen molar-refractivity contribution in [3.63, 3.8) is 0 Å². The molecule has 5 heteroatoms. The van der Waals surface area contributed by atoms with E-state index in [0.717, 1.165) is 18.8 Å². The summed E-state index contributed by atoms with van der Waals surface area (Å²) < 4.78 is 7.20. The Bertz CT molecular complexity index is 285. The number of rotatable bonds is 2. The van der Waals surface area contributed by atoms with Crippen LogP contribution in [0.2, 0.25) is 0 Å². The smallest absolute Gasteiger partial charge is 0.149 e. The van der Waals surface area contributed by atoms with Crippen molar-refractivity contribution in [2.24, 2.45) is 7.05 Å². The highest BCUT2D eigenvalue weighted by Crippen LogP contribution is 2.22. The van der Waals surface area contributed by atoms with Gasteiger partial charge in [0.2, 0.25) is 0 Å². The lowest BCUT2D eigenvalue weighted by Crippen LogP contribution is -2.18. The Labute approximate surface area is 77.1 Å². The average molecular weight is 182 g/mol. The molecule has 0 saturated carbocycles. The molecule has 0 amide bonds. The maximum Gasteiger partial charge on any atom is 0.149 e. The second-order valence-corrected chi connectivity index (χ2v) is 3.35. The van der Waals surface area contributed by atoms with Crippen molar-refractivity contribution in [1.29, 1.82) is 0 Å². The predicted octanol–water partition coefficient (Wildman–Crippen LogP) is -0.136. The van der Waals surface area contributed by atoms with Crippen LogP contribution in [0.1, 0.15) is 18.3 Å². The third-order valence-electron chi connectivity index (χ3n) is 2.48. The normalized spacial score (nSPS) is 28.2. The number of ether oxygens (including phenoxy) is 1. The van der Waals surface area contributed by atoms with Crippen LogP contribution in [-0.2, 0) is 11.8 Å². The Morgan fingerprint density at radius 2 is 2.54 bits per heavy atom. The fourth-order valence-corrected chi connectivity index (χ4v) is 1.69. The standard InChI is InChI=1S/C8H14N4O/c1-12-5-10-11-8(12)7-3-6(13-2)4-9-7/h5-7,9H,3-4H2,1-2H3/t6-,7-/m1/s1. The van der Waals surface area contributed by atoms with Crippen molar-refractivity contribution >= 4 is 0 Å². The molecule has 2 heterocycles. The molecule has 0 radical (unpaired) electrons. The first-order valence-electron chi connectivity index (χ1n) is 4.41. The minimum Gasteiger partial charge on any atom is -0.380 e. The van der Waals surface area contributed by atoms with E-state index >= 15 is 0 Å². The number of nitrogens with zero attached hydrogens (tertiary/aromatic N) is 3. The Morgan fingerprint density at radius 1 is 1.69 bits per heavy atom. The second-order valence-electron chi connectivity index (χ2n) is 3.35. The summed E-state index contributed by atoms with van der Waals surface area (Å²) in [5.74, 6) is 0.986. The summed E-state index contributed by atoms with van der Waals surface area (Å²) in [6.07, 6.45) is 3.00. The van der Waals surface area contributed by atoms with Crippen LogP contribution < -0.4 is 5.32 Å². The van der Waals surface area contributed by atoms with E-state index in [4.69, 9.17) is 4.74 Å². The van der Waals surface area contributed by atoms with Gasteiger partial charge in [-0.3, -0.25) is 0 Å². The van der Waals surface area contributed by atoms with Gasteiger partial charge in [-0.15, -0.1) is 10.2 Å². The van der Waals surface area contributed by atoms with Gasteiger partial charge in [-0.05, 0) is 6.42 Å². The lowest BCUT2D eigenvalue weighted by molar-refractivity contribution is 0.117. The monoisotopic (exact) mass is 182 g/mol. The number of nitrogens with one attached hydrogen (secondary N) is 1. The Balaban J connectivity index is 2.08. The van der Waals surface area contributed by atoms with Gasteiger partial charge < -0.3 is 14.6 Å². The molecule has 1 aromatic heterocycles. The van der Waals surface area contributed by atoms with Crippen LogP contribution in [0.5, 0.6) is 0 Å². The van der Waals surface area contributed by atoms with Crippen LogP contribution >= 0.6 is 0 Å². The van der Waals surface area contributed by atoms with Gasteiger partial charge in [-0.1, -0.05) is 0 Å². The zero-order valence-electron chi connectivity index (χ0n) is 7.90. The van der Waals surface area contributed by atoms with Crippen LogP contribution in [0.15, 0.2) is 6.33 Å². The van der Waals surface area contributed by atoms with Crippen LogP contribution in [0.3, 0.4) is 0 Å². The summed E-state index contributed by atoms with van der Waals surface area (Å²) in [4.78, 5) is 0. The molecule has 2 rings (SSSR count). The minimum absolute atomic E-state index is 0.289. The minimum atomic E-state index is 0.289. The van der Waals surface area contributed by atoms with E-state index in [-0.39, 0.29) is 6.04 Å². The van der Waals surface area contributed by atoms with Gasteiger partial charge in [-0.2, -0.15) is 0 Å². The fraction of sp³-hybridized carbons (Fsp3) is 0.750. The molecule has 0 unspecified atom stereocenters. The van der Waals surface area contributed by atoms with E-state index in [1.165, 1.54) is 0 Å². The van der Waals surface area contributed by atoms with E-state index in [9.17, 15) is 0 Å². The van der Waals surface area contributed by atoms with Crippen molar-refractivity contribution in [3.8, 4) is 0 Å². The molecular formula is C8H14N4O. The first-order valence-corrected chi connectivity index (χ1v) is 4.41. The Morgan fingerprint density at radius 3 is 3.08 bits per heavy atom. The quantitative estimate of drug-likeness (QED) is 0.692. The van der Waals surface area contributed by atoms with Gasteiger partial charge in [0, 0.05) is 20.7 Å². The van der Waals surface area contributed by atoms with Gasteiger partial charge in [0.05, 0.1) is 12.1 Å². The molecular weight excluding hydrogens is 168 g/mol. The highest BCUT2D eigenvalue weighted by Gasteiger charge is 2.27. The zero-order valence-corrected chi connectivity index (χ0v) is 7.90. The topological polar surface area (TPSA) is 52.0 Å². The molecule has 0 bridgehead atoms. The zero-order chi connectivity index (χ0) is 9.26. The molecule has 1 saturated heterocycles. The summed E-state index contributed by atoms with van der Waals surface area (Å²) in [6.45, 7) is 0.897. The van der Waals surface area contributed by atoms with Crippen molar-refractivity contribution in [3.05, 3.63) is 12.2 Å². The number of hydrogen-bond acceptors (Lipinski definition) is 4. The molecule has 1 aromatic rings. The van der Waals surface area contributed by atoms with Crippen LogP contribution in [-0.4, -0.2) is 34.5 Å². The maximum atomic E-state index is 5.26. The molecule has 0 aromatic carbocycles. The van der Waals surface area contributed by atoms with E-state index in [1.54, 1.807) is 13.4 Å². The van der Waals surface area contributed by atoms with E-state index < -0.39 is 0 Å². The molecule has 72 valence electrons. The van der Waals surface area contributed by atoms with Crippen molar-refractivity contribution < 1.29 is 4.74 Å². The van der Waals surface area contributed by atoms with Crippen LogP contribution in [0.25, 0.3) is 0 Å². The highest BCUT2D eigenvalue weighted by molar-refractivity contribution is 4.99. The van der Waals surface area contributed by atoms with Crippen molar-refractivity contribution in [2.75, 3.05) is 13.7 Å². The molecule has 2 atom stereocenters. The first-order chi connectivity index (χ1) is 6.31. The van der Waals surface area contributed by atoms with Crippen molar-refractivity contribution in [1.82, 2.24) is 20.1 Å². The number of methoxy groups -OCH3 is 1. The third kappa shape index (κ3) is 1.57. The van der Waals surface area contributed by atoms with Crippen LogP contribution in [0.4, 0.5) is 0 Å². The molecule has 1 N–H and O–H groups in total. The van der Waals surface area contributed by atoms with Crippen LogP contribution in [0, 0.1) is 0 Å².